The number of halogens is 1. The van der Waals surface area contributed by atoms with E-state index in [2.05, 4.69) is 10.6 Å². The number of carbonyl (C=O) groups is 1. The van der Waals surface area contributed by atoms with Crippen molar-refractivity contribution in [3.63, 3.8) is 0 Å². The maximum atomic E-state index is 11.3. The zero-order chi connectivity index (χ0) is 10.6. The van der Waals surface area contributed by atoms with Gasteiger partial charge in [-0.1, -0.05) is 17.7 Å². The van der Waals surface area contributed by atoms with Gasteiger partial charge in [0.2, 0.25) is 5.91 Å². The zero-order valence-electron chi connectivity index (χ0n) is 8.23. The van der Waals surface area contributed by atoms with Crippen molar-refractivity contribution in [3.05, 3.63) is 28.8 Å². The Balaban J connectivity index is 2.76. The standard InChI is InChI=1S/C10H13ClN2O/c1-7-8(11)4-3-5-9(7)13-10(14)6-12-2/h3-5,12H,6H2,1-2H3,(H,13,14). The van der Waals surface area contributed by atoms with E-state index in [4.69, 9.17) is 11.6 Å². The Bertz CT molecular complexity index is 339. The van der Waals surface area contributed by atoms with E-state index < -0.39 is 0 Å². The minimum Gasteiger partial charge on any atom is -0.325 e. The van der Waals surface area contributed by atoms with E-state index in [0.717, 1.165) is 11.3 Å². The molecule has 0 bridgehead atoms. The smallest absolute Gasteiger partial charge is 0.238 e. The van der Waals surface area contributed by atoms with Gasteiger partial charge in [-0.25, -0.2) is 0 Å². The van der Waals surface area contributed by atoms with E-state index >= 15 is 0 Å². The molecule has 14 heavy (non-hydrogen) atoms. The maximum Gasteiger partial charge on any atom is 0.238 e. The number of hydrogen-bond acceptors (Lipinski definition) is 2. The predicted molar refractivity (Wildman–Crippen MR) is 58.7 cm³/mol. The average Bonchev–Trinajstić information content (AvgIpc) is 2.13. The van der Waals surface area contributed by atoms with Gasteiger partial charge in [-0.05, 0) is 31.7 Å². The summed E-state index contributed by atoms with van der Waals surface area (Å²) < 4.78 is 0. The lowest BCUT2D eigenvalue weighted by Crippen LogP contribution is -2.25. The number of carbonyl (C=O) groups excluding carboxylic acids is 1. The fraction of sp³-hybridized carbons (Fsp3) is 0.300. The highest BCUT2D eigenvalue weighted by Gasteiger charge is 2.04. The van der Waals surface area contributed by atoms with Gasteiger partial charge in [-0.15, -0.1) is 0 Å². The van der Waals surface area contributed by atoms with E-state index in [1.54, 1.807) is 13.1 Å². The molecule has 1 rings (SSSR count). The first-order valence-corrected chi connectivity index (χ1v) is 4.72. The molecule has 0 saturated carbocycles. The molecule has 0 aliphatic carbocycles. The predicted octanol–water partition coefficient (Wildman–Crippen LogP) is 1.81. The molecule has 0 spiro atoms. The summed E-state index contributed by atoms with van der Waals surface area (Å²) in [6.07, 6.45) is 0. The van der Waals surface area contributed by atoms with Gasteiger partial charge in [-0.3, -0.25) is 4.79 Å². The van der Waals surface area contributed by atoms with Gasteiger partial charge >= 0.3 is 0 Å². The van der Waals surface area contributed by atoms with Crippen LogP contribution in [0, 0.1) is 6.92 Å². The van der Waals surface area contributed by atoms with Gasteiger partial charge in [0.1, 0.15) is 0 Å². The Kier molecular flexibility index (Phi) is 3.92. The normalized spacial score (nSPS) is 9.93. The van der Waals surface area contributed by atoms with E-state index in [1.165, 1.54) is 0 Å². The van der Waals surface area contributed by atoms with Crippen molar-refractivity contribution in [1.29, 1.82) is 0 Å². The molecule has 0 heterocycles. The lowest BCUT2D eigenvalue weighted by molar-refractivity contribution is -0.115. The zero-order valence-corrected chi connectivity index (χ0v) is 8.98. The molecule has 0 aliphatic rings. The van der Waals surface area contributed by atoms with Crippen LogP contribution >= 0.6 is 11.6 Å². The highest BCUT2D eigenvalue weighted by atomic mass is 35.5. The van der Waals surface area contributed by atoms with Gasteiger partial charge in [0.05, 0.1) is 6.54 Å². The van der Waals surface area contributed by atoms with Crippen molar-refractivity contribution < 1.29 is 4.79 Å². The Hall–Kier alpha value is -1.06. The number of likely N-dealkylation sites (N-methyl/N-ethyl adjacent to an activating group) is 1. The Morgan fingerprint density at radius 3 is 2.86 bits per heavy atom. The SMILES string of the molecule is CNCC(=O)Nc1cccc(Cl)c1C. The molecule has 2 N–H and O–H groups in total. The third-order valence-electron chi connectivity index (χ3n) is 1.88. The Morgan fingerprint density at radius 1 is 1.50 bits per heavy atom. The minimum absolute atomic E-state index is 0.0714. The van der Waals surface area contributed by atoms with Crippen LogP contribution in [-0.4, -0.2) is 19.5 Å². The van der Waals surface area contributed by atoms with Crippen LogP contribution in [0.1, 0.15) is 5.56 Å². The highest BCUT2D eigenvalue weighted by molar-refractivity contribution is 6.31. The third kappa shape index (κ3) is 2.72. The first-order valence-electron chi connectivity index (χ1n) is 4.34. The second kappa shape index (κ2) is 4.98. The van der Waals surface area contributed by atoms with Crippen LogP contribution in [0.2, 0.25) is 5.02 Å². The second-order valence-corrected chi connectivity index (χ2v) is 3.40. The first kappa shape index (κ1) is 11.0. The lowest BCUT2D eigenvalue weighted by Gasteiger charge is -2.08. The van der Waals surface area contributed by atoms with E-state index in [9.17, 15) is 4.79 Å². The molecule has 4 heteroatoms. The number of hydrogen-bond donors (Lipinski definition) is 2. The number of rotatable bonds is 3. The second-order valence-electron chi connectivity index (χ2n) is 2.99. The summed E-state index contributed by atoms with van der Waals surface area (Å²) in [7, 11) is 1.73. The number of anilines is 1. The van der Waals surface area contributed by atoms with Crippen molar-refractivity contribution in [2.45, 2.75) is 6.92 Å². The highest BCUT2D eigenvalue weighted by Crippen LogP contribution is 2.22. The number of benzene rings is 1. The molecule has 0 atom stereocenters. The average molecular weight is 213 g/mol. The molecule has 0 saturated heterocycles. The quantitative estimate of drug-likeness (QED) is 0.803. The van der Waals surface area contributed by atoms with Crippen LogP contribution in [-0.2, 0) is 4.79 Å². The van der Waals surface area contributed by atoms with Crippen LogP contribution in [0.3, 0.4) is 0 Å². The summed E-state index contributed by atoms with van der Waals surface area (Å²) in [5, 5.41) is 6.20. The molecule has 1 aromatic carbocycles. The van der Waals surface area contributed by atoms with Gasteiger partial charge in [-0.2, -0.15) is 0 Å². The van der Waals surface area contributed by atoms with Crippen LogP contribution < -0.4 is 10.6 Å². The lowest BCUT2D eigenvalue weighted by atomic mass is 10.2. The van der Waals surface area contributed by atoms with E-state index in [1.807, 2.05) is 19.1 Å². The van der Waals surface area contributed by atoms with Gasteiger partial charge in [0, 0.05) is 10.7 Å². The fourth-order valence-corrected chi connectivity index (χ4v) is 1.27. The monoisotopic (exact) mass is 212 g/mol. The summed E-state index contributed by atoms with van der Waals surface area (Å²) in [5.41, 5.74) is 1.65. The van der Waals surface area contributed by atoms with Crippen molar-refractivity contribution >= 4 is 23.2 Å². The van der Waals surface area contributed by atoms with Crippen LogP contribution in [0.15, 0.2) is 18.2 Å². The van der Waals surface area contributed by atoms with Crippen molar-refractivity contribution in [2.24, 2.45) is 0 Å². The van der Waals surface area contributed by atoms with Crippen LogP contribution in [0.5, 0.6) is 0 Å². The molecule has 0 aliphatic heterocycles. The largest absolute Gasteiger partial charge is 0.325 e. The van der Waals surface area contributed by atoms with Crippen molar-refractivity contribution in [1.82, 2.24) is 5.32 Å². The molecule has 0 fully saturated rings. The Morgan fingerprint density at radius 2 is 2.21 bits per heavy atom. The van der Waals surface area contributed by atoms with Gasteiger partial charge in [0.15, 0.2) is 0 Å². The molecule has 1 amide bonds. The van der Waals surface area contributed by atoms with Crippen LogP contribution in [0.4, 0.5) is 5.69 Å². The molecule has 76 valence electrons. The molecule has 0 unspecified atom stereocenters. The van der Waals surface area contributed by atoms with Crippen molar-refractivity contribution in [2.75, 3.05) is 18.9 Å². The molecule has 3 nitrogen and oxygen atoms in total. The summed E-state index contributed by atoms with van der Waals surface area (Å²) in [5.74, 6) is -0.0714. The van der Waals surface area contributed by atoms with E-state index in [-0.39, 0.29) is 5.91 Å². The van der Waals surface area contributed by atoms with Crippen LogP contribution in [0.25, 0.3) is 0 Å². The fourth-order valence-electron chi connectivity index (χ4n) is 1.10. The summed E-state index contributed by atoms with van der Waals surface area (Å²) >= 11 is 5.91. The number of nitrogens with one attached hydrogen (secondary N) is 2. The molecule has 0 radical (unpaired) electrons. The topological polar surface area (TPSA) is 41.1 Å². The molecule has 0 aromatic heterocycles. The summed E-state index contributed by atoms with van der Waals surface area (Å²) in [6, 6.07) is 5.43. The Labute approximate surface area is 88.5 Å². The van der Waals surface area contributed by atoms with Crippen molar-refractivity contribution in [3.8, 4) is 0 Å². The third-order valence-corrected chi connectivity index (χ3v) is 2.29. The maximum absolute atomic E-state index is 11.3. The van der Waals surface area contributed by atoms with Gasteiger partial charge in [0.25, 0.3) is 0 Å². The minimum atomic E-state index is -0.0714. The summed E-state index contributed by atoms with van der Waals surface area (Å²) in [4.78, 5) is 11.3. The first-order chi connectivity index (χ1) is 6.65. The number of amides is 1. The molecular formula is C10H13ClN2O. The van der Waals surface area contributed by atoms with E-state index in [0.29, 0.717) is 11.6 Å². The molecule has 1 aromatic rings. The summed E-state index contributed by atoms with van der Waals surface area (Å²) in [6.45, 7) is 2.17. The molecular weight excluding hydrogens is 200 g/mol. The van der Waals surface area contributed by atoms with Gasteiger partial charge < -0.3 is 10.6 Å².